The van der Waals surface area contributed by atoms with Gasteiger partial charge in [-0.25, -0.2) is 0 Å². The maximum atomic E-state index is 6.52. The third-order valence-electron chi connectivity index (χ3n) is 4.97. The molecule has 0 bridgehead atoms. The van der Waals surface area contributed by atoms with Crippen LogP contribution in [-0.4, -0.2) is 44.8 Å². The number of likely N-dealkylation sites (tertiary alicyclic amines) is 1. The number of nitrogens with zero attached hydrogens (tertiary/aromatic N) is 1. The molecule has 0 radical (unpaired) electrons. The molecule has 1 spiro atoms. The molecule has 3 rings (SSSR count). The Balaban J connectivity index is 1.92. The van der Waals surface area contributed by atoms with Gasteiger partial charge in [0.25, 0.3) is 0 Å². The van der Waals surface area contributed by atoms with E-state index in [0.29, 0.717) is 6.04 Å². The average Bonchev–Trinajstić information content (AvgIpc) is 2.68. The molecule has 116 valence electrons. The molecule has 4 heteroatoms. The quantitative estimate of drug-likeness (QED) is 0.908. The Labute approximate surface area is 127 Å². The molecule has 2 atom stereocenters. The minimum atomic E-state index is -0.0300. The van der Waals surface area contributed by atoms with Gasteiger partial charge in [0.05, 0.1) is 7.11 Å². The highest BCUT2D eigenvalue weighted by Gasteiger charge is 2.41. The molecule has 1 aromatic carbocycles. The van der Waals surface area contributed by atoms with Crippen LogP contribution in [-0.2, 0) is 0 Å². The van der Waals surface area contributed by atoms with Gasteiger partial charge in [0.15, 0.2) is 0 Å². The van der Waals surface area contributed by atoms with Crippen LogP contribution in [0.5, 0.6) is 11.5 Å². The van der Waals surface area contributed by atoms with Gasteiger partial charge >= 0.3 is 0 Å². The van der Waals surface area contributed by atoms with E-state index in [1.54, 1.807) is 7.11 Å². The first kappa shape index (κ1) is 14.7. The van der Waals surface area contributed by atoms with Crippen molar-refractivity contribution in [3.05, 3.63) is 23.8 Å². The summed E-state index contributed by atoms with van der Waals surface area (Å²) in [5.41, 5.74) is 1.22. The molecule has 0 amide bonds. The molecule has 2 aliphatic heterocycles. The van der Waals surface area contributed by atoms with Crippen molar-refractivity contribution in [1.82, 2.24) is 10.2 Å². The number of hydrogen-bond acceptors (Lipinski definition) is 4. The largest absolute Gasteiger partial charge is 0.497 e. The van der Waals surface area contributed by atoms with Gasteiger partial charge in [-0.1, -0.05) is 6.07 Å². The molecule has 1 saturated heterocycles. The zero-order valence-corrected chi connectivity index (χ0v) is 13.3. The molecule has 21 heavy (non-hydrogen) atoms. The Morgan fingerprint density at radius 1 is 1.33 bits per heavy atom. The van der Waals surface area contributed by atoms with Crippen LogP contribution < -0.4 is 14.8 Å². The molecule has 2 aliphatic rings. The van der Waals surface area contributed by atoms with Crippen molar-refractivity contribution in [2.75, 3.05) is 34.3 Å². The molecule has 2 unspecified atom stereocenters. The normalized spacial score (nSPS) is 29.6. The van der Waals surface area contributed by atoms with E-state index in [2.05, 4.69) is 23.3 Å². The Hall–Kier alpha value is -1.26. The molecule has 1 N–H and O–H groups in total. The van der Waals surface area contributed by atoms with Crippen LogP contribution in [0.4, 0.5) is 0 Å². The van der Waals surface area contributed by atoms with E-state index in [1.165, 1.54) is 18.5 Å². The van der Waals surface area contributed by atoms with Crippen LogP contribution in [0.2, 0.25) is 0 Å². The van der Waals surface area contributed by atoms with E-state index in [1.807, 2.05) is 19.2 Å². The van der Waals surface area contributed by atoms with Crippen LogP contribution in [0.15, 0.2) is 18.2 Å². The number of methoxy groups -OCH3 is 1. The van der Waals surface area contributed by atoms with Crippen molar-refractivity contribution in [2.45, 2.75) is 37.3 Å². The summed E-state index contributed by atoms with van der Waals surface area (Å²) in [6.07, 6.45) is 4.48. The third-order valence-corrected chi connectivity index (χ3v) is 4.97. The number of fused-ring (bicyclic) bond motifs is 1. The fourth-order valence-corrected chi connectivity index (χ4v) is 3.64. The molecule has 0 aromatic heterocycles. The summed E-state index contributed by atoms with van der Waals surface area (Å²) in [5.74, 6) is 1.86. The predicted octanol–water partition coefficient (Wildman–Crippen LogP) is 2.59. The summed E-state index contributed by atoms with van der Waals surface area (Å²) >= 11 is 0. The molecule has 0 aliphatic carbocycles. The highest BCUT2D eigenvalue weighted by atomic mass is 16.5. The first-order valence-corrected chi connectivity index (χ1v) is 7.88. The number of hydrogen-bond donors (Lipinski definition) is 1. The minimum absolute atomic E-state index is 0.0300. The topological polar surface area (TPSA) is 33.7 Å². The van der Waals surface area contributed by atoms with Crippen LogP contribution >= 0.6 is 0 Å². The fourth-order valence-electron chi connectivity index (χ4n) is 3.64. The molecule has 1 aromatic rings. The highest BCUT2D eigenvalue weighted by Crippen LogP contribution is 2.45. The van der Waals surface area contributed by atoms with Gasteiger partial charge in [0, 0.05) is 30.6 Å². The lowest BCUT2D eigenvalue weighted by atomic mass is 9.82. The molecule has 1 fully saturated rings. The summed E-state index contributed by atoms with van der Waals surface area (Å²) in [6.45, 7) is 2.27. The number of benzene rings is 1. The molecular formula is C17H26N2O2. The first-order chi connectivity index (χ1) is 10.2. The Kier molecular flexibility index (Phi) is 4.09. The standard InChI is InChI=1S/C17H26N2O2/c1-18-15-12-17(7-4-9-19(2)10-8-17)21-16-11-13(20-3)5-6-14(15)16/h5-6,11,15,18H,4,7-10,12H2,1-3H3. The van der Waals surface area contributed by atoms with E-state index in [4.69, 9.17) is 9.47 Å². The van der Waals surface area contributed by atoms with E-state index >= 15 is 0 Å². The van der Waals surface area contributed by atoms with Crippen molar-refractivity contribution in [3.8, 4) is 11.5 Å². The summed E-state index contributed by atoms with van der Waals surface area (Å²) in [5, 5.41) is 3.47. The number of ether oxygens (including phenoxy) is 2. The molecule has 2 heterocycles. The Morgan fingerprint density at radius 2 is 2.19 bits per heavy atom. The lowest BCUT2D eigenvalue weighted by molar-refractivity contribution is 0.0180. The average molecular weight is 290 g/mol. The summed E-state index contributed by atoms with van der Waals surface area (Å²) in [7, 11) is 5.95. The second kappa shape index (κ2) is 5.85. The predicted molar refractivity (Wildman–Crippen MR) is 84.1 cm³/mol. The molecule has 4 nitrogen and oxygen atoms in total. The van der Waals surface area contributed by atoms with Gasteiger partial charge in [-0.2, -0.15) is 0 Å². The Morgan fingerprint density at radius 3 is 2.95 bits per heavy atom. The van der Waals surface area contributed by atoms with Crippen molar-refractivity contribution in [1.29, 1.82) is 0 Å². The maximum absolute atomic E-state index is 6.52. The SMILES string of the molecule is CNC1CC2(CCCN(C)CC2)Oc2cc(OC)ccc21. The number of rotatable bonds is 2. The maximum Gasteiger partial charge on any atom is 0.128 e. The smallest absolute Gasteiger partial charge is 0.128 e. The second-order valence-corrected chi connectivity index (χ2v) is 6.39. The van der Waals surface area contributed by atoms with Gasteiger partial charge in [-0.15, -0.1) is 0 Å². The van der Waals surface area contributed by atoms with Gasteiger partial charge in [-0.05, 0) is 46.0 Å². The lowest BCUT2D eigenvalue weighted by Gasteiger charge is -2.42. The molecule has 0 saturated carbocycles. The molecular weight excluding hydrogens is 264 g/mol. The zero-order valence-electron chi connectivity index (χ0n) is 13.3. The third kappa shape index (κ3) is 2.87. The van der Waals surface area contributed by atoms with Crippen molar-refractivity contribution < 1.29 is 9.47 Å². The lowest BCUT2D eigenvalue weighted by Crippen LogP contribution is -2.44. The van der Waals surface area contributed by atoms with E-state index in [0.717, 1.165) is 37.3 Å². The van der Waals surface area contributed by atoms with Gasteiger partial charge in [0.1, 0.15) is 17.1 Å². The summed E-state index contributed by atoms with van der Waals surface area (Å²) < 4.78 is 11.9. The van der Waals surface area contributed by atoms with Crippen LogP contribution in [0.1, 0.15) is 37.3 Å². The second-order valence-electron chi connectivity index (χ2n) is 6.39. The van der Waals surface area contributed by atoms with Crippen molar-refractivity contribution in [2.24, 2.45) is 0 Å². The highest BCUT2D eigenvalue weighted by molar-refractivity contribution is 5.44. The zero-order chi connectivity index (χ0) is 14.9. The van der Waals surface area contributed by atoms with E-state index < -0.39 is 0 Å². The monoisotopic (exact) mass is 290 g/mol. The van der Waals surface area contributed by atoms with Gasteiger partial charge in [0.2, 0.25) is 0 Å². The van der Waals surface area contributed by atoms with Crippen LogP contribution in [0, 0.1) is 0 Å². The summed E-state index contributed by atoms with van der Waals surface area (Å²) in [6, 6.07) is 6.55. The van der Waals surface area contributed by atoms with Crippen molar-refractivity contribution >= 4 is 0 Å². The van der Waals surface area contributed by atoms with Gasteiger partial charge in [-0.3, -0.25) is 0 Å². The van der Waals surface area contributed by atoms with Crippen molar-refractivity contribution in [3.63, 3.8) is 0 Å². The van der Waals surface area contributed by atoms with Crippen LogP contribution in [0.25, 0.3) is 0 Å². The Bertz CT molecular complexity index is 506. The first-order valence-electron chi connectivity index (χ1n) is 7.88. The van der Waals surface area contributed by atoms with E-state index in [-0.39, 0.29) is 5.60 Å². The van der Waals surface area contributed by atoms with Gasteiger partial charge < -0.3 is 19.7 Å². The van der Waals surface area contributed by atoms with E-state index in [9.17, 15) is 0 Å². The number of nitrogens with one attached hydrogen (secondary N) is 1. The van der Waals surface area contributed by atoms with Crippen LogP contribution in [0.3, 0.4) is 0 Å². The minimum Gasteiger partial charge on any atom is -0.497 e. The fraction of sp³-hybridized carbons (Fsp3) is 0.647. The summed E-state index contributed by atoms with van der Waals surface area (Å²) in [4.78, 5) is 2.41.